The number of ether oxygens (including phenoxy) is 1. The molecule has 1 heterocycles. The molecular formula is C22H28N2O4S. The Kier molecular flexibility index (Phi) is 6.59. The van der Waals surface area contributed by atoms with E-state index >= 15 is 0 Å². The Morgan fingerprint density at radius 1 is 1.10 bits per heavy atom. The number of carbonyl (C=O) groups excluding carboxylic acids is 1. The van der Waals surface area contributed by atoms with Gasteiger partial charge in [-0.2, -0.15) is 4.31 Å². The lowest BCUT2D eigenvalue weighted by molar-refractivity contribution is -0.123. The minimum Gasteiger partial charge on any atom is -0.497 e. The fourth-order valence-corrected chi connectivity index (χ4v) is 5.24. The molecule has 0 bridgehead atoms. The fourth-order valence-electron chi connectivity index (χ4n) is 3.77. The maximum Gasteiger partial charge on any atom is 0.243 e. The van der Waals surface area contributed by atoms with Crippen LogP contribution in [0.3, 0.4) is 0 Å². The average molecular weight is 417 g/mol. The number of rotatable bonds is 6. The van der Waals surface area contributed by atoms with Crippen LogP contribution >= 0.6 is 0 Å². The number of hydrogen-bond donors (Lipinski definition) is 0. The molecule has 1 amide bonds. The van der Waals surface area contributed by atoms with Gasteiger partial charge in [0.15, 0.2) is 0 Å². The first-order chi connectivity index (χ1) is 13.9. The van der Waals surface area contributed by atoms with Crippen LogP contribution in [-0.2, 0) is 14.8 Å². The Morgan fingerprint density at radius 3 is 2.28 bits per heavy atom. The SMILES string of the molecule is CCN(C(=O)C1CCN(S(=O)(=O)c2ccc(OC)cc2)CC1)c1ccccc1C. The molecule has 2 aromatic rings. The number of methoxy groups -OCH3 is 1. The Morgan fingerprint density at radius 2 is 1.72 bits per heavy atom. The Bertz CT molecular complexity index is 949. The van der Waals surface area contributed by atoms with E-state index in [4.69, 9.17) is 4.74 Å². The smallest absolute Gasteiger partial charge is 0.243 e. The maximum absolute atomic E-state index is 13.1. The van der Waals surface area contributed by atoms with E-state index in [9.17, 15) is 13.2 Å². The Hall–Kier alpha value is -2.38. The summed E-state index contributed by atoms with van der Waals surface area (Å²) in [5.74, 6) is 0.518. The summed E-state index contributed by atoms with van der Waals surface area (Å²) in [5.41, 5.74) is 1.98. The summed E-state index contributed by atoms with van der Waals surface area (Å²) < 4.78 is 32.4. The highest BCUT2D eigenvalue weighted by Crippen LogP contribution is 2.28. The van der Waals surface area contributed by atoms with Gasteiger partial charge in [0.2, 0.25) is 15.9 Å². The van der Waals surface area contributed by atoms with Crippen LogP contribution in [0.2, 0.25) is 0 Å². The van der Waals surface area contributed by atoms with Crippen LogP contribution in [0.25, 0.3) is 0 Å². The second kappa shape index (κ2) is 8.97. The van der Waals surface area contributed by atoms with E-state index in [-0.39, 0.29) is 16.7 Å². The number of para-hydroxylation sites is 1. The van der Waals surface area contributed by atoms with Gasteiger partial charge in [-0.1, -0.05) is 18.2 Å². The third-order valence-corrected chi connectivity index (χ3v) is 7.40. The molecule has 0 atom stereocenters. The number of anilines is 1. The predicted octanol–water partition coefficient (Wildman–Crippen LogP) is 3.46. The number of aryl methyl sites for hydroxylation is 1. The second-order valence-electron chi connectivity index (χ2n) is 7.22. The first-order valence-corrected chi connectivity index (χ1v) is 11.3. The van der Waals surface area contributed by atoms with Gasteiger partial charge in [0.05, 0.1) is 12.0 Å². The number of piperidine rings is 1. The van der Waals surface area contributed by atoms with Crippen molar-refractivity contribution >= 4 is 21.6 Å². The van der Waals surface area contributed by atoms with Crippen molar-refractivity contribution in [3.05, 3.63) is 54.1 Å². The lowest BCUT2D eigenvalue weighted by Crippen LogP contribution is -2.44. The molecule has 1 aliphatic heterocycles. The van der Waals surface area contributed by atoms with Gasteiger partial charge >= 0.3 is 0 Å². The molecule has 0 aromatic heterocycles. The molecule has 1 fully saturated rings. The molecule has 29 heavy (non-hydrogen) atoms. The van der Waals surface area contributed by atoms with Crippen molar-refractivity contribution in [1.82, 2.24) is 4.31 Å². The second-order valence-corrected chi connectivity index (χ2v) is 9.16. The number of amides is 1. The standard InChI is InChI=1S/C22H28N2O4S/c1-4-24(21-8-6-5-7-17(21)2)22(25)18-13-15-23(16-14-18)29(26,27)20-11-9-19(28-3)10-12-20/h5-12,18H,4,13-16H2,1-3H3. The summed E-state index contributed by atoms with van der Waals surface area (Å²) in [6.45, 7) is 5.24. The molecule has 1 aliphatic rings. The predicted molar refractivity (Wildman–Crippen MR) is 114 cm³/mol. The van der Waals surface area contributed by atoms with E-state index in [1.807, 2.05) is 43.0 Å². The summed E-state index contributed by atoms with van der Waals surface area (Å²) in [4.78, 5) is 15.2. The third-order valence-electron chi connectivity index (χ3n) is 5.49. The zero-order valence-electron chi connectivity index (χ0n) is 17.2. The number of nitrogens with zero attached hydrogens (tertiary/aromatic N) is 2. The Balaban J connectivity index is 1.69. The molecule has 0 radical (unpaired) electrons. The summed E-state index contributed by atoms with van der Waals surface area (Å²) >= 11 is 0. The van der Waals surface area contributed by atoms with Crippen LogP contribution < -0.4 is 9.64 Å². The van der Waals surface area contributed by atoms with E-state index < -0.39 is 10.0 Å². The van der Waals surface area contributed by atoms with E-state index in [0.717, 1.165) is 11.3 Å². The summed E-state index contributed by atoms with van der Waals surface area (Å²) in [6.07, 6.45) is 1.05. The van der Waals surface area contributed by atoms with Crippen LogP contribution in [0.1, 0.15) is 25.3 Å². The van der Waals surface area contributed by atoms with E-state index in [1.165, 1.54) is 4.31 Å². The van der Waals surface area contributed by atoms with Gasteiger partial charge in [0.25, 0.3) is 0 Å². The summed E-state index contributed by atoms with van der Waals surface area (Å²) in [7, 11) is -2.02. The lowest BCUT2D eigenvalue weighted by atomic mass is 9.96. The number of sulfonamides is 1. The van der Waals surface area contributed by atoms with Gasteiger partial charge in [-0.3, -0.25) is 4.79 Å². The average Bonchev–Trinajstić information content (AvgIpc) is 2.75. The van der Waals surface area contributed by atoms with Crippen LogP contribution in [0.5, 0.6) is 5.75 Å². The lowest BCUT2D eigenvalue weighted by Gasteiger charge is -2.33. The van der Waals surface area contributed by atoms with Crippen molar-refractivity contribution in [3.8, 4) is 5.75 Å². The maximum atomic E-state index is 13.1. The van der Waals surface area contributed by atoms with Crippen LogP contribution in [-0.4, -0.2) is 45.4 Å². The highest BCUT2D eigenvalue weighted by Gasteiger charge is 2.34. The number of carbonyl (C=O) groups is 1. The monoisotopic (exact) mass is 416 g/mol. The van der Waals surface area contributed by atoms with Crippen molar-refractivity contribution in [2.75, 3.05) is 31.6 Å². The van der Waals surface area contributed by atoms with Gasteiger partial charge in [0.1, 0.15) is 5.75 Å². The van der Waals surface area contributed by atoms with Gasteiger partial charge in [-0.05, 0) is 62.6 Å². The summed E-state index contributed by atoms with van der Waals surface area (Å²) in [5, 5.41) is 0. The molecule has 0 saturated carbocycles. The number of benzene rings is 2. The van der Waals surface area contributed by atoms with Crippen LogP contribution in [0.4, 0.5) is 5.69 Å². The van der Waals surface area contributed by atoms with Crippen LogP contribution in [0, 0.1) is 12.8 Å². The molecular weight excluding hydrogens is 388 g/mol. The molecule has 3 rings (SSSR count). The molecule has 0 unspecified atom stereocenters. The first-order valence-electron chi connectivity index (χ1n) is 9.89. The van der Waals surface area contributed by atoms with Gasteiger partial charge in [-0.25, -0.2) is 8.42 Å². The van der Waals surface area contributed by atoms with Gasteiger partial charge in [-0.15, -0.1) is 0 Å². The highest BCUT2D eigenvalue weighted by atomic mass is 32.2. The highest BCUT2D eigenvalue weighted by molar-refractivity contribution is 7.89. The number of hydrogen-bond acceptors (Lipinski definition) is 4. The largest absolute Gasteiger partial charge is 0.497 e. The van der Waals surface area contributed by atoms with Crippen LogP contribution in [0.15, 0.2) is 53.4 Å². The normalized spacial score (nSPS) is 15.8. The van der Waals surface area contributed by atoms with Gasteiger partial charge < -0.3 is 9.64 Å². The first kappa shape index (κ1) is 21.3. The quantitative estimate of drug-likeness (QED) is 0.723. The van der Waals surface area contributed by atoms with Gasteiger partial charge in [0, 0.05) is 31.2 Å². The molecule has 6 nitrogen and oxygen atoms in total. The fraction of sp³-hybridized carbons (Fsp3) is 0.409. The van der Waals surface area contributed by atoms with E-state index in [1.54, 1.807) is 31.4 Å². The van der Waals surface area contributed by atoms with Crippen molar-refractivity contribution < 1.29 is 17.9 Å². The zero-order valence-corrected chi connectivity index (χ0v) is 18.0. The summed E-state index contributed by atoms with van der Waals surface area (Å²) in [6, 6.07) is 14.2. The van der Waals surface area contributed by atoms with E-state index in [0.29, 0.717) is 38.2 Å². The van der Waals surface area contributed by atoms with Crippen molar-refractivity contribution in [2.24, 2.45) is 5.92 Å². The molecule has 0 spiro atoms. The molecule has 0 aliphatic carbocycles. The minimum absolute atomic E-state index is 0.0725. The third kappa shape index (κ3) is 4.46. The van der Waals surface area contributed by atoms with Crippen molar-refractivity contribution in [3.63, 3.8) is 0 Å². The molecule has 1 saturated heterocycles. The van der Waals surface area contributed by atoms with Crippen molar-refractivity contribution in [2.45, 2.75) is 31.6 Å². The topological polar surface area (TPSA) is 66.9 Å². The van der Waals surface area contributed by atoms with E-state index in [2.05, 4.69) is 0 Å². The molecule has 2 aromatic carbocycles. The molecule has 0 N–H and O–H groups in total. The van der Waals surface area contributed by atoms with Crippen molar-refractivity contribution in [1.29, 1.82) is 0 Å². The molecule has 7 heteroatoms. The minimum atomic E-state index is -3.57. The Labute approximate surface area is 173 Å². The molecule has 156 valence electrons. The zero-order chi connectivity index (χ0) is 21.0.